The third-order valence-electron chi connectivity index (χ3n) is 2.44. The van der Waals surface area contributed by atoms with Gasteiger partial charge in [0.15, 0.2) is 10.3 Å². The van der Waals surface area contributed by atoms with E-state index >= 15 is 0 Å². The number of hydrogen-bond acceptors (Lipinski definition) is 3. The first kappa shape index (κ1) is 13.1. The van der Waals surface area contributed by atoms with Gasteiger partial charge in [0.2, 0.25) is 0 Å². The molecule has 0 saturated heterocycles. The maximum absolute atomic E-state index is 12.8. The Kier molecular flexibility index (Phi) is 3.99. The van der Waals surface area contributed by atoms with Crippen molar-refractivity contribution in [2.24, 2.45) is 0 Å². The monoisotopic (exact) mass is 285 g/mol. The van der Waals surface area contributed by atoms with E-state index in [9.17, 15) is 4.39 Å². The zero-order chi connectivity index (χ0) is 13.1. The fourth-order valence-corrected chi connectivity index (χ4v) is 1.94. The third kappa shape index (κ3) is 3.09. The van der Waals surface area contributed by atoms with Gasteiger partial charge in [0.1, 0.15) is 5.82 Å². The molecule has 0 saturated carbocycles. The van der Waals surface area contributed by atoms with Crippen molar-refractivity contribution in [3.8, 4) is 0 Å². The molecule has 2 aromatic rings. The minimum absolute atomic E-state index is 0.256. The lowest BCUT2D eigenvalue weighted by atomic mass is 10.2. The molecule has 2 rings (SSSR count). The summed E-state index contributed by atoms with van der Waals surface area (Å²) in [6.07, 6.45) is 0. The molecule has 3 nitrogen and oxygen atoms in total. The number of hydrogen-bond donors (Lipinski definition) is 0. The Balaban J connectivity index is 2.18. The fourth-order valence-electron chi connectivity index (χ4n) is 1.56. The molecular formula is C12H10Cl2FN3. The van der Waals surface area contributed by atoms with Crippen LogP contribution >= 0.6 is 23.2 Å². The van der Waals surface area contributed by atoms with Crippen LogP contribution in [-0.2, 0) is 6.54 Å². The Bertz CT molecular complexity index is 546. The van der Waals surface area contributed by atoms with E-state index in [1.54, 1.807) is 18.2 Å². The van der Waals surface area contributed by atoms with Gasteiger partial charge in [-0.3, -0.25) is 0 Å². The number of nitrogens with zero attached hydrogens (tertiary/aromatic N) is 3. The molecule has 18 heavy (non-hydrogen) atoms. The summed E-state index contributed by atoms with van der Waals surface area (Å²) < 4.78 is 12.8. The number of rotatable bonds is 3. The highest BCUT2D eigenvalue weighted by Crippen LogP contribution is 2.25. The standard InChI is InChI=1S/C12H10Cl2FN3/c1-18(7-8-2-4-9(15)5-3-8)10-6-11(13)16-17-12(10)14/h2-6H,7H2,1H3. The minimum atomic E-state index is -0.256. The molecule has 0 amide bonds. The predicted octanol–water partition coefficient (Wildman–Crippen LogP) is 3.56. The van der Waals surface area contributed by atoms with Gasteiger partial charge in [-0.05, 0) is 17.7 Å². The second kappa shape index (κ2) is 5.50. The van der Waals surface area contributed by atoms with Crippen molar-refractivity contribution in [2.45, 2.75) is 6.54 Å². The summed E-state index contributed by atoms with van der Waals surface area (Å²) in [4.78, 5) is 1.87. The summed E-state index contributed by atoms with van der Waals surface area (Å²) in [5.74, 6) is -0.256. The van der Waals surface area contributed by atoms with Crippen LogP contribution in [0.5, 0.6) is 0 Å². The van der Waals surface area contributed by atoms with Gasteiger partial charge >= 0.3 is 0 Å². The van der Waals surface area contributed by atoms with Gasteiger partial charge in [0.05, 0.1) is 5.69 Å². The largest absolute Gasteiger partial charge is 0.368 e. The molecule has 94 valence electrons. The highest BCUT2D eigenvalue weighted by Gasteiger charge is 2.09. The molecule has 0 aliphatic carbocycles. The van der Waals surface area contributed by atoms with Crippen molar-refractivity contribution in [1.82, 2.24) is 10.2 Å². The number of aromatic nitrogens is 2. The topological polar surface area (TPSA) is 29.0 Å². The first-order valence-corrected chi connectivity index (χ1v) is 5.96. The van der Waals surface area contributed by atoms with Crippen LogP contribution in [0.15, 0.2) is 30.3 Å². The van der Waals surface area contributed by atoms with Gasteiger partial charge in [-0.2, -0.15) is 0 Å². The summed E-state index contributed by atoms with van der Waals surface area (Å²) in [7, 11) is 1.85. The molecule has 0 radical (unpaired) electrons. The molecule has 0 unspecified atom stereocenters. The quantitative estimate of drug-likeness (QED) is 0.864. The first-order valence-electron chi connectivity index (χ1n) is 5.20. The maximum atomic E-state index is 12.8. The molecule has 6 heteroatoms. The lowest BCUT2D eigenvalue weighted by Crippen LogP contribution is -2.17. The van der Waals surface area contributed by atoms with Crippen LogP contribution in [0.3, 0.4) is 0 Å². The van der Waals surface area contributed by atoms with Gasteiger partial charge < -0.3 is 4.90 Å². The highest BCUT2D eigenvalue weighted by atomic mass is 35.5. The number of benzene rings is 1. The third-order valence-corrected chi connectivity index (χ3v) is 2.90. The zero-order valence-electron chi connectivity index (χ0n) is 9.57. The summed E-state index contributed by atoms with van der Waals surface area (Å²) in [5, 5.41) is 7.94. The van der Waals surface area contributed by atoms with E-state index in [-0.39, 0.29) is 16.1 Å². The van der Waals surface area contributed by atoms with E-state index in [1.807, 2.05) is 11.9 Å². The average Bonchev–Trinajstić information content (AvgIpc) is 2.35. The molecule has 0 N–H and O–H groups in total. The Hall–Kier alpha value is -1.39. The van der Waals surface area contributed by atoms with Crippen LogP contribution in [0.4, 0.5) is 10.1 Å². The van der Waals surface area contributed by atoms with Crippen LogP contribution in [0.2, 0.25) is 10.3 Å². The van der Waals surface area contributed by atoms with Gasteiger partial charge in [-0.15, -0.1) is 10.2 Å². The Morgan fingerprint density at radius 1 is 1.17 bits per heavy atom. The zero-order valence-corrected chi connectivity index (χ0v) is 11.1. The normalized spacial score (nSPS) is 10.4. The van der Waals surface area contributed by atoms with Crippen LogP contribution in [-0.4, -0.2) is 17.2 Å². The summed E-state index contributed by atoms with van der Waals surface area (Å²) in [6, 6.07) is 7.91. The molecule has 0 bridgehead atoms. The first-order chi connectivity index (χ1) is 8.56. The van der Waals surface area contributed by atoms with E-state index in [2.05, 4.69) is 10.2 Å². The lowest BCUT2D eigenvalue weighted by Gasteiger charge is -2.19. The summed E-state index contributed by atoms with van der Waals surface area (Å²) >= 11 is 11.7. The van der Waals surface area contributed by atoms with Gasteiger partial charge in [-0.25, -0.2) is 4.39 Å². The van der Waals surface area contributed by atoms with E-state index in [1.165, 1.54) is 12.1 Å². The molecule has 1 aromatic carbocycles. The molecule has 0 aliphatic rings. The number of halogens is 3. The predicted molar refractivity (Wildman–Crippen MR) is 70.6 cm³/mol. The van der Waals surface area contributed by atoms with Gasteiger partial charge in [0.25, 0.3) is 0 Å². The van der Waals surface area contributed by atoms with Crippen molar-refractivity contribution in [1.29, 1.82) is 0 Å². The molecule has 0 fully saturated rings. The van der Waals surface area contributed by atoms with Crippen molar-refractivity contribution in [2.75, 3.05) is 11.9 Å². The SMILES string of the molecule is CN(Cc1ccc(F)cc1)c1cc(Cl)nnc1Cl. The molecule has 1 heterocycles. The molecule has 0 atom stereocenters. The Morgan fingerprint density at radius 2 is 1.83 bits per heavy atom. The molecule has 1 aromatic heterocycles. The Labute approximate surface area is 114 Å². The minimum Gasteiger partial charge on any atom is -0.368 e. The number of anilines is 1. The van der Waals surface area contributed by atoms with E-state index in [0.29, 0.717) is 12.2 Å². The van der Waals surface area contributed by atoms with Crippen molar-refractivity contribution in [3.05, 3.63) is 52.0 Å². The summed E-state index contributed by atoms with van der Waals surface area (Å²) in [6.45, 7) is 0.571. The molecule has 0 aliphatic heterocycles. The van der Waals surface area contributed by atoms with E-state index < -0.39 is 0 Å². The van der Waals surface area contributed by atoms with Crippen molar-refractivity contribution < 1.29 is 4.39 Å². The van der Waals surface area contributed by atoms with Crippen molar-refractivity contribution in [3.63, 3.8) is 0 Å². The van der Waals surface area contributed by atoms with Crippen molar-refractivity contribution >= 4 is 28.9 Å². The van der Waals surface area contributed by atoms with Crippen LogP contribution in [0, 0.1) is 5.82 Å². The average molecular weight is 286 g/mol. The lowest BCUT2D eigenvalue weighted by molar-refractivity contribution is 0.627. The van der Waals surface area contributed by atoms with Gasteiger partial charge in [-0.1, -0.05) is 35.3 Å². The second-order valence-electron chi connectivity index (χ2n) is 3.83. The van der Waals surface area contributed by atoms with Crippen LogP contribution in [0.25, 0.3) is 0 Å². The van der Waals surface area contributed by atoms with E-state index in [0.717, 1.165) is 5.56 Å². The van der Waals surface area contributed by atoms with Gasteiger partial charge in [0, 0.05) is 19.7 Å². The summed E-state index contributed by atoms with van der Waals surface area (Å²) in [5.41, 5.74) is 1.64. The smallest absolute Gasteiger partial charge is 0.175 e. The van der Waals surface area contributed by atoms with E-state index in [4.69, 9.17) is 23.2 Å². The molecule has 0 spiro atoms. The van der Waals surface area contributed by atoms with Crippen LogP contribution in [0.1, 0.15) is 5.56 Å². The maximum Gasteiger partial charge on any atom is 0.175 e. The van der Waals surface area contributed by atoms with Crippen LogP contribution < -0.4 is 4.90 Å². The fraction of sp³-hybridized carbons (Fsp3) is 0.167. The Morgan fingerprint density at radius 3 is 2.50 bits per heavy atom. The second-order valence-corrected chi connectivity index (χ2v) is 4.57. The molecular weight excluding hydrogens is 276 g/mol. The highest BCUT2D eigenvalue weighted by molar-refractivity contribution is 6.33.